The summed E-state index contributed by atoms with van der Waals surface area (Å²) in [4.78, 5) is 7.20. The fraction of sp³-hybridized carbons (Fsp3) is 0.538. The molecule has 2 unspecified atom stereocenters. The van der Waals surface area contributed by atoms with Gasteiger partial charge in [-0.25, -0.2) is 4.98 Å². The van der Waals surface area contributed by atoms with Crippen molar-refractivity contribution in [2.75, 3.05) is 18.0 Å². The van der Waals surface area contributed by atoms with Crippen molar-refractivity contribution in [1.82, 2.24) is 4.98 Å². The Kier molecular flexibility index (Phi) is 3.62. The van der Waals surface area contributed by atoms with E-state index in [0.29, 0.717) is 16.8 Å². The zero-order chi connectivity index (χ0) is 12.4. The van der Waals surface area contributed by atoms with Gasteiger partial charge in [-0.15, -0.1) is 0 Å². The highest BCUT2D eigenvalue weighted by molar-refractivity contribution is 7.80. The summed E-state index contributed by atoms with van der Waals surface area (Å²) in [7, 11) is 0. The Morgan fingerprint density at radius 3 is 2.65 bits per heavy atom. The molecule has 0 aromatic carbocycles. The molecule has 0 saturated carbocycles. The number of pyridine rings is 1. The molecule has 2 atom stereocenters. The molecule has 0 bridgehead atoms. The zero-order valence-electron chi connectivity index (χ0n) is 10.4. The average molecular weight is 249 g/mol. The van der Waals surface area contributed by atoms with Crippen LogP contribution in [0.2, 0.25) is 0 Å². The summed E-state index contributed by atoms with van der Waals surface area (Å²) in [6.07, 6.45) is 3.08. The number of hydrogen-bond acceptors (Lipinski definition) is 3. The minimum Gasteiger partial charge on any atom is -0.389 e. The van der Waals surface area contributed by atoms with Crippen LogP contribution in [-0.4, -0.2) is 23.1 Å². The van der Waals surface area contributed by atoms with Crippen molar-refractivity contribution in [1.29, 1.82) is 0 Å². The summed E-state index contributed by atoms with van der Waals surface area (Å²) >= 11 is 5.00. The number of nitrogens with two attached hydrogens (primary N) is 1. The second-order valence-corrected chi connectivity index (χ2v) is 5.56. The van der Waals surface area contributed by atoms with E-state index in [1.54, 1.807) is 6.20 Å². The third-order valence-electron chi connectivity index (χ3n) is 3.22. The van der Waals surface area contributed by atoms with Gasteiger partial charge in [-0.2, -0.15) is 0 Å². The van der Waals surface area contributed by atoms with E-state index in [2.05, 4.69) is 23.7 Å². The summed E-state index contributed by atoms with van der Waals surface area (Å²) < 4.78 is 0. The standard InChI is InChI=1S/C13H19N3S/c1-9-5-10(2)8-16(7-9)12-6-11(13(14)17)3-4-15-12/h3-4,6,9-10H,5,7-8H2,1-2H3,(H2,14,17). The van der Waals surface area contributed by atoms with Gasteiger partial charge < -0.3 is 10.6 Å². The molecular weight excluding hydrogens is 230 g/mol. The Balaban J connectivity index is 2.21. The molecule has 0 aliphatic carbocycles. The quantitative estimate of drug-likeness (QED) is 0.816. The van der Waals surface area contributed by atoms with Gasteiger partial charge in [-0.1, -0.05) is 26.1 Å². The van der Waals surface area contributed by atoms with Gasteiger partial charge in [0.15, 0.2) is 0 Å². The Labute approximate surface area is 108 Å². The third kappa shape index (κ3) is 2.94. The Bertz CT molecular complexity index is 409. The molecular formula is C13H19N3S. The lowest BCUT2D eigenvalue weighted by Gasteiger charge is -2.35. The number of piperidine rings is 1. The fourth-order valence-corrected chi connectivity index (χ4v) is 2.72. The maximum Gasteiger partial charge on any atom is 0.129 e. The lowest BCUT2D eigenvalue weighted by atomic mass is 9.92. The molecule has 17 heavy (non-hydrogen) atoms. The lowest BCUT2D eigenvalue weighted by molar-refractivity contribution is 0.355. The van der Waals surface area contributed by atoms with Gasteiger partial charge in [0.1, 0.15) is 10.8 Å². The smallest absolute Gasteiger partial charge is 0.129 e. The van der Waals surface area contributed by atoms with E-state index >= 15 is 0 Å². The highest BCUT2D eigenvalue weighted by Gasteiger charge is 2.22. The molecule has 92 valence electrons. The molecule has 0 radical (unpaired) electrons. The molecule has 1 aromatic heterocycles. The van der Waals surface area contributed by atoms with E-state index in [0.717, 1.165) is 24.5 Å². The number of rotatable bonds is 2. The summed E-state index contributed by atoms with van der Waals surface area (Å²) in [5.41, 5.74) is 6.55. The topological polar surface area (TPSA) is 42.1 Å². The number of aromatic nitrogens is 1. The van der Waals surface area contributed by atoms with Gasteiger partial charge in [0, 0.05) is 24.8 Å². The maximum absolute atomic E-state index is 5.65. The van der Waals surface area contributed by atoms with Crippen LogP contribution in [-0.2, 0) is 0 Å². The zero-order valence-corrected chi connectivity index (χ0v) is 11.2. The minimum absolute atomic E-state index is 0.437. The molecule has 1 fully saturated rings. The maximum atomic E-state index is 5.65. The second kappa shape index (κ2) is 5.00. The molecule has 1 aliphatic heterocycles. The molecule has 2 N–H and O–H groups in total. The van der Waals surface area contributed by atoms with Crippen molar-refractivity contribution in [3.8, 4) is 0 Å². The average Bonchev–Trinajstić information content (AvgIpc) is 2.28. The van der Waals surface area contributed by atoms with Gasteiger partial charge >= 0.3 is 0 Å². The van der Waals surface area contributed by atoms with Crippen LogP contribution in [0.15, 0.2) is 18.3 Å². The van der Waals surface area contributed by atoms with Crippen LogP contribution < -0.4 is 10.6 Å². The highest BCUT2D eigenvalue weighted by Crippen LogP contribution is 2.25. The molecule has 1 aromatic rings. The van der Waals surface area contributed by atoms with Crippen LogP contribution in [0.1, 0.15) is 25.8 Å². The number of nitrogens with zero attached hydrogens (tertiary/aromatic N) is 2. The molecule has 0 amide bonds. The van der Waals surface area contributed by atoms with E-state index in [-0.39, 0.29) is 0 Å². The first-order valence-corrected chi connectivity index (χ1v) is 6.48. The predicted molar refractivity (Wildman–Crippen MR) is 75.3 cm³/mol. The summed E-state index contributed by atoms with van der Waals surface area (Å²) in [5, 5.41) is 0. The summed E-state index contributed by atoms with van der Waals surface area (Å²) in [6, 6.07) is 3.86. The van der Waals surface area contributed by atoms with Crippen LogP contribution in [0.4, 0.5) is 5.82 Å². The van der Waals surface area contributed by atoms with Gasteiger partial charge in [0.2, 0.25) is 0 Å². The highest BCUT2D eigenvalue weighted by atomic mass is 32.1. The Morgan fingerprint density at radius 2 is 2.06 bits per heavy atom. The molecule has 0 spiro atoms. The van der Waals surface area contributed by atoms with Crippen molar-refractivity contribution in [3.63, 3.8) is 0 Å². The van der Waals surface area contributed by atoms with Crippen molar-refractivity contribution < 1.29 is 0 Å². The number of anilines is 1. The molecule has 4 heteroatoms. The van der Waals surface area contributed by atoms with E-state index in [1.807, 2.05) is 12.1 Å². The fourth-order valence-electron chi connectivity index (χ4n) is 2.59. The van der Waals surface area contributed by atoms with E-state index in [4.69, 9.17) is 18.0 Å². The largest absolute Gasteiger partial charge is 0.389 e. The third-order valence-corrected chi connectivity index (χ3v) is 3.46. The SMILES string of the molecule is CC1CC(C)CN(c2cc(C(N)=S)ccn2)C1. The first kappa shape index (κ1) is 12.3. The Morgan fingerprint density at radius 1 is 1.41 bits per heavy atom. The molecule has 2 heterocycles. The predicted octanol–water partition coefficient (Wildman–Crippen LogP) is 2.20. The minimum atomic E-state index is 0.437. The van der Waals surface area contributed by atoms with Crippen LogP contribution in [0.3, 0.4) is 0 Å². The van der Waals surface area contributed by atoms with E-state index in [1.165, 1.54) is 6.42 Å². The van der Waals surface area contributed by atoms with Crippen LogP contribution in [0, 0.1) is 11.8 Å². The summed E-state index contributed by atoms with van der Waals surface area (Å²) in [6.45, 7) is 6.72. The van der Waals surface area contributed by atoms with Gasteiger partial charge in [0.25, 0.3) is 0 Å². The van der Waals surface area contributed by atoms with Crippen molar-refractivity contribution in [2.24, 2.45) is 17.6 Å². The van der Waals surface area contributed by atoms with Gasteiger partial charge in [-0.3, -0.25) is 0 Å². The van der Waals surface area contributed by atoms with Crippen LogP contribution in [0.5, 0.6) is 0 Å². The number of thiocarbonyl (C=S) groups is 1. The molecule has 3 nitrogen and oxygen atoms in total. The van der Waals surface area contributed by atoms with Gasteiger partial charge in [0.05, 0.1) is 0 Å². The Hall–Kier alpha value is -1.16. The van der Waals surface area contributed by atoms with E-state index in [9.17, 15) is 0 Å². The molecule has 2 rings (SSSR count). The monoisotopic (exact) mass is 249 g/mol. The first-order valence-electron chi connectivity index (χ1n) is 6.07. The summed E-state index contributed by atoms with van der Waals surface area (Å²) in [5.74, 6) is 2.43. The van der Waals surface area contributed by atoms with Crippen molar-refractivity contribution >= 4 is 23.0 Å². The van der Waals surface area contributed by atoms with Crippen LogP contribution >= 0.6 is 12.2 Å². The molecule has 1 aliphatic rings. The molecule has 1 saturated heterocycles. The van der Waals surface area contributed by atoms with Crippen molar-refractivity contribution in [3.05, 3.63) is 23.9 Å². The lowest BCUT2D eigenvalue weighted by Crippen LogP contribution is -2.39. The van der Waals surface area contributed by atoms with Crippen molar-refractivity contribution in [2.45, 2.75) is 20.3 Å². The van der Waals surface area contributed by atoms with Crippen LogP contribution in [0.25, 0.3) is 0 Å². The van der Waals surface area contributed by atoms with Gasteiger partial charge in [-0.05, 0) is 30.4 Å². The first-order chi connectivity index (χ1) is 8.06. The van der Waals surface area contributed by atoms with E-state index < -0.39 is 0 Å². The number of hydrogen-bond donors (Lipinski definition) is 1. The normalized spacial score (nSPS) is 24.7. The second-order valence-electron chi connectivity index (χ2n) is 5.12.